The maximum atomic E-state index is 14.9. The van der Waals surface area contributed by atoms with E-state index < -0.39 is 17.4 Å². The van der Waals surface area contributed by atoms with Gasteiger partial charge in [-0.2, -0.15) is 0 Å². The highest BCUT2D eigenvalue weighted by atomic mass is 19.1. The number of piperazine rings is 1. The third kappa shape index (κ3) is 6.55. The zero-order valence-electron chi connectivity index (χ0n) is 24.0. The molecule has 1 fully saturated rings. The fourth-order valence-electron chi connectivity index (χ4n) is 4.54. The summed E-state index contributed by atoms with van der Waals surface area (Å²) in [4.78, 5) is 33.8. The van der Waals surface area contributed by atoms with Crippen LogP contribution in [0.2, 0.25) is 0 Å². The Morgan fingerprint density at radius 3 is 2.40 bits per heavy atom. The monoisotopic (exact) mass is 552 g/mol. The number of pyridine rings is 1. The number of nitrogens with zero attached hydrogens (tertiary/aromatic N) is 3. The molecule has 0 radical (unpaired) electrons. The Morgan fingerprint density at radius 2 is 1.77 bits per heavy atom. The molecule has 1 amide bonds. The number of carbonyl (C=O) groups is 2. The number of esters is 1. The van der Waals surface area contributed by atoms with Crippen molar-refractivity contribution in [2.75, 3.05) is 49.6 Å². The van der Waals surface area contributed by atoms with E-state index in [2.05, 4.69) is 15.2 Å². The Bertz CT molecular complexity index is 1400. The quantitative estimate of drug-likeness (QED) is 0.354. The molecule has 10 heteroatoms. The number of benzene rings is 2. The minimum atomic E-state index is -0.571. The summed E-state index contributed by atoms with van der Waals surface area (Å²) in [6, 6.07) is 8.57. The number of aryl methyl sites for hydroxylation is 1. The molecule has 0 spiro atoms. The number of halogens is 1. The van der Waals surface area contributed by atoms with Crippen LogP contribution < -0.4 is 15.0 Å². The second kappa shape index (κ2) is 12.0. The van der Waals surface area contributed by atoms with E-state index in [1.165, 1.54) is 12.3 Å². The summed E-state index contributed by atoms with van der Waals surface area (Å²) in [7, 11) is 0. The van der Waals surface area contributed by atoms with Gasteiger partial charge in [-0.05, 0) is 65.3 Å². The molecule has 1 aliphatic heterocycles. The zero-order chi connectivity index (χ0) is 29.0. The second-order valence-corrected chi connectivity index (χ2v) is 10.6. The number of hydrogen-bond acceptors (Lipinski definition) is 8. The Morgan fingerprint density at radius 1 is 1.05 bits per heavy atom. The zero-order valence-corrected chi connectivity index (χ0v) is 24.0. The van der Waals surface area contributed by atoms with E-state index in [9.17, 15) is 14.0 Å². The largest absolute Gasteiger partial charge is 0.492 e. The van der Waals surface area contributed by atoms with E-state index in [4.69, 9.17) is 14.2 Å². The standard InChI is InChI=1S/C30H37FN4O5/c1-7-38-26-17-24-20(16-25(26)34-11-13-35(14-12-34)29(37)40-30(4,5)6)27(21(18-32-24)28(36)39-8-2)33-23-10-9-19(3)15-22(23)31/h9-10,15-18H,7-8,11-14H2,1-6H3,(H,32,33). The predicted octanol–water partition coefficient (Wildman–Crippen LogP) is 6.06. The van der Waals surface area contributed by atoms with Crippen LogP contribution in [0.5, 0.6) is 5.75 Å². The van der Waals surface area contributed by atoms with Crippen molar-refractivity contribution in [1.29, 1.82) is 0 Å². The van der Waals surface area contributed by atoms with Crippen LogP contribution in [0.4, 0.5) is 26.2 Å². The van der Waals surface area contributed by atoms with Crippen molar-refractivity contribution in [3.63, 3.8) is 0 Å². The van der Waals surface area contributed by atoms with Gasteiger partial charge in [0.15, 0.2) is 0 Å². The Hall–Kier alpha value is -4.08. The van der Waals surface area contributed by atoms with Crippen molar-refractivity contribution in [2.24, 2.45) is 0 Å². The molecule has 40 heavy (non-hydrogen) atoms. The molecule has 2 heterocycles. The topological polar surface area (TPSA) is 93.2 Å². The van der Waals surface area contributed by atoms with Crippen molar-refractivity contribution in [1.82, 2.24) is 9.88 Å². The van der Waals surface area contributed by atoms with Crippen molar-refractivity contribution in [2.45, 2.75) is 47.1 Å². The predicted molar refractivity (Wildman–Crippen MR) is 153 cm³/mol. The molecule has 0 saturated carbocycles. The number of carbonyl (C=O) groups excluding carboxylic acids is 2. The van der Waals surface area contributed by atoms with E-state index >= 15 is 0 Å². The van der Waals surface area contributed by atoms with Crippen LogP contribution in [0.15, 0.2) is 36.5 Å². The third-order valence-corrected chi connectivity index (χ3v) is 6.40. The lowest BCUT2D eigenvalue weighted by molar-refractivity contribution is 0.0240. The molecule has 0 atom stereocenters. The average Bonchev–Trinajstić information content (AvgIpc) is 2.89. The van der Waals surface area contributed by atoms with E-state index in [1.807, 2.05) is 46.8 Å². The molecule has 1 N–H and O–H groups in total. The smallest absolute Gasteiger partial charge is 0.410 e. The number of rotatable bonds is 7. The number of nitrogens with one attached hydrogen (secondary N) is 1. The van der Waals surface area contributed by atoms with Crippen molar-refractivity contribution in [3.05, 3.63) is 53.5 Å². The molecule has 2 aromatic carbocycles. The Kier molecular flexibility index (Phi) is 8.66. The number of aromatic nitrogens is 1. The highest BCUT2D eigenvalue weighted by Crippen LogP contribution is 2.39. The van der Waals surface area contributed by atoms with Gasteiger partial charge in [-0.1, -0.05) is 6.07 Å². The molecule has 0 bridgehead atoms. The first-order chi connectivity index (χ1) is 19.0. The molecule has 214 valence electrons. The van der Waals surface area contributed by atoms with Crippen molar-refractivity contribution in [3.8, 4) is 5.75 Å². The fourth-order valence-corrected chi connectivity index (χ4v) is 4.54. The summed E-state index contributed by atoms with van der Waals surface area (Å²) >= 11 is 0. The van der Waals surface area contributed by atoms with E-state index in [-0.39, 0.29) is 24.0 Å². The summed E-state index contributed by atoms with van der Waals surface area (Å²) in [6.45, 7) is 13.6. The molecule has 0 unspecified atom stereocenters. The van der Waals surface area contributed by atoms with Gasteiger partial charge in [0, 0.05) is 43.8 Å². The lowest BCUT2D eigenvalue weighted by Crippen LogP contribution is -2.50. The summed E-state index contributed by atoms with van der Waals surface area (Å²) in [5, 5.41) is 3.74. The number of anilines is 3. The molecule has 1 aliphatic rings. The van der Waals surface area contributed by atoms with Crippen LogP contribution in [0.3, 0.4) is 0 Å². The van der Waals surface area contributed by atoms with E-state index in [0.717, 1.165) is 11.3 Å². The maximum absolute atomic E-state index is 14.9. The number of ether oxygens (including phenoxy) is 3. The van der Waals surface area contributed by atoms with Crippen molar-refractivity contribution < 1.29 is 28.2 Å². The fraction of sp³-hybridized carbons (Fsp3) is 0.433. The first-order valence-electron chi connectivity index (χ1n) is 13.5. The number of fused-ring (bicyclic) bond motifs is 1. The lowest BCUT2D eigenvalue weighted by atomic mass is 10.1. The van der Waals surface area contributed by atoms with Gasteiger partial charge in [0.25, 0.3) is 0 Å². The minimum Gasteiger partial charge on any atom is -0.492 e. The van der Waals surface area contributed by atoms with E-state index in [0.29, 0.717) is 55.1 Å². The minimum absolute atomic E-state index is 0.186. The summed E-state index contributed by atoms with van der Waals surface area (Å²) in [5.74, 6) is -0.373. The maximum Gasteiger partial charge on any atom is 0.410 e. The molecular formula is C30H37FN4O5. The van der Waals surface area contributed by atoms with Gasteiger partial charge in [-0.25, -0.2) is 14.0 Å². The van der Waals surface area contributed by atoms with Crippen LogP contribution in [0, 0.1) is 12.7 Å². The average molecular weight is 553 g/mol. The molecule has 9 nitrogen and oxygen atoms in total. The molecular weight excluding hydrogens is 515 g/mol. The number of hydrogen-bond donors (Lipinski definition) is 1. The summed E-state index contributed by atoms with van der Waals surface area (Å²) in [5.41, 5.74) is 2.38. The first kappa shape index (κ1) is 28.9. The Balaban J connectivity index is 1.76. The van der Waals surface area contributed by atoms with Crippen LogP contribution in [-0.2, 0) is 9.47 Å². The SMILES string of the molecule is CCOC(=O)c1cnc2cc(OCC)c(N3CCN(C(=O)OC(C)(C)C)CC3)cc2c1Nc1ccc(C)cc1F. The first-order valence-corrected chi connectivity index (χ1v) is 13.5. The van der Waals surface area contributed by atoms with Gasteiger partial charge >= 0.3 is 12.1 Å². The highest BCUT2D eigenvalue weighted by molar-refractivity contribution is 6.07. The molecule has 0 aliphatic carbocycles. The third-order valence-electron chi connectivity index (χ3n) is 6.40. The Labute approximate surface area is 234 Å². The highest BCUT2D eigenvalue weighted by Gasteiger charge is 2.28. The molecule has 1 aromatic heterocycles. The molecule has 1 saturated heterocycles. The number of amides is 1. The van der Waals surface area contributed by atoms with Gasteiger partial charge in [0.2, 0.25) is 0 Å². The van der Waals surface area contributed by atoms with Gasteiger partial charge in [-0.3, -0.25) is 4.98 Å². The van der Waals surface area contributed by atoms with Gasteiger partial charge in [0.1, 0.15) is 22.7 Å². The van der Waals surface area contributed by atoms with Gasteiger partial charge < -0.3 is 29.3 Å². The van der Waals surface area contributed by atoms with Crippen LogP contribution in [0.25, 0.3) is 10.9 Å². The molecule has 4 rings (SSSR count). The van der Waals surface area contributed by atoms with E-state index in [1.54, 1.807) is 24.0 Å². The van der Waals surface area contributed by atoms with Gasteiger partial charge in [-0.15, -0.1) is 0 Å². The second-order valence-electron chi connectivity index (χ2n) is 10.6. The van der Waals surface area contributed by atoms with Gasteiger partial charge in [0.05, 0.1) is 35.8 Å². The van der Waals surface area contributed by atoms with Crippen LogP contribution in [-0.4, -0.2) is 66.9 Å². The summed E-state index contributed by atoms with van der Waals surface area (Å²) < 4.78 is 31.7. The summed E-state index contributed by atoms with van der Waals surface area (Å²) in [6.07, 6.45) is 1.09. The molecule has 3 aromatic rings. The normalized spacial score (nSPS) is 13.8. The van der Waals surface area contributed by atoms with Crippen LogP contribution >= 0.6 is 0 Å². The lowest BCUT2D eigenvalue weighted by Gasteiger charge is -2.37. The van der Waals surface area contributed by atoms with Crippen molar-refractivity contribution >= 4 is 40.0 Å². The van der Waals surface area contributed by atoms with Crippen LogP contribution in [0.1, 0.15) is 50.5 Å².